The van der Waals surface area contributed by atoms with Crippen LogP contribution in [0.2, 0.25) is 0 Å². The average Bonchev–Trinajstić information content (AvgIpc) is 2.48. The van der Waals surface area contributed by atoms with Crippen molar-refractivity contribution < 1.29 is 18.0 Å². The van der Waals surface area contributed by atoms with Crippen LogP contribution in [0.1, 0.15) is 11.1 Å². The predicted octanol–water partition coefficient (Wildman–Crippen LogP) is 4.83. The fourth-order valence-corrected chi connectivity index (χ4v) is 2.44. The summed E-state index contributed by atoms with van der Waals surface area (Å²) in [5.74, 6) is 0. The number of anilines is 1. The first-order valence-corrected chi connectivity index (χ1v) is 7.61. The summed E-state index contributed by atoms with van der Waals surface area (Å²) < 4.78 is 38.7. The van der Waals surface area contributed by atoms with Crippen molar-refractivity contribution in [2.45, 2.75) is 12.6 Å². The van der Waals surface area contributed by atoms with Gasteiger partial charge in [-0.1, -0.05) is 40.2 Å². The minimum absolute atomic E-state index is 0.0956. The van der Waals surface area contributed by atoms with Crippen molar-refractivity contribution in [3.8, 4) is 0 Å². The van der Waals surface area contributed by atoms with E-state index in [9.17, 15) is 18.0 Å². The average molecular weight is 387 g/mol. The number of carbonyl (C=O) groups is 1. The van der Waals surface area contributed by atoms with E-state index in [1.807, 2.05) is 24.3 Å². The molecule has 7 heteroatoms. The van der Waals surface area contributed by atoms with Crippen molar-refractivity contribution in [3.05, 3.63) is 64.1 Å². The number of rotatable bonds is 4. The molecule has 0 aromatic heterocycles. The van der Waals surface area contributed by atoms with E-state index < -0.39 is 17.8 Å². The Morgan fingerprint density at radius 3 is 2.52 bits per heavy atom. The molecule has 2 aromatic carbocycles. The van der Waals surface area contributed by atoms with E-state index in [1.165, 1.54) is 12.1 Å². The molecule has 3 nitrogen and oxygen atoms in total. The fourth-order valence-electron chi connectivity index (χ4n) is 1.96. The highest BCUT2D eigenvalue weighted by Crippen LogP contribution is 2.30. The third kappa shape index (κ3) is 5.28. The second-order valence-corrected chi connectivity index (χ2v) is 5.66. The van der Waals surface area contributed by atoms with E-state index in [4.69, 9.17) is 0 Å². The highest BCUT2D eigenvalue weighted by atomic mass is 79.9. The summed E-state index contributed by atoms with van der Waals surface area (Å²) in [5, 5.41) is 5.01. The van der Waals surface area contributed by atoms with E-state index in [0.29, 0.717) is 13.0 Å². The number of hydrogen-bond donors (Lipinski definition) is 2. The van der Waals surface area contributed by atoms with Gasteiger partial charge in [-0.05, 0) is 36.2 Å². The molecule has 0 atom stereocenters. The van der Waals surface area contributed by atoms with Gasteiger partial charge in [0.05, 0.1) is 5.56 Å². The predicted molar refractivity (Wildman–Crippen MR) is 86.3 cm³/mol. The molecule has 23 heavy (non-hydrogen) atoms. The van der Waals surface area contributed by atoms with E-state index in [2.05, 4.69) is 26.6 Å². The first kappa shape index (κ1) is 17.3. The molecule has 0 unspecified atom stereocenters. The number of halogens is 4. The first-order chi connectivity index (χ1) is 10.9. The molecule has 0 aliphatic rings. The SMILES string of the molecule is O=C(NCCc1ccccc1Br)Nc1cccc(C(F)(F)F)c1. The van der Waals surface area contributed by atoms with Gasteiger partial charge in [0.15, 0.2) is 0 Å². The minimum atomic E-state index is -4.44. The summed E-state index contributed by atoms with van der Waals surface area (Å²) in [6.07, 6.45) is -3.83. The zero-order valence-electron chi connectivity index (χ0n) is 12.0. The van der Waals surface area contributed by atoms with Crippen molar-refractivity contribution in [1.29, 1.82) is 0 Å². The van der Waals surface area contributed by atoms with Gasteiger partial charge in [-0.3, -0.25) is 0 Å². The van der Waals surface area contributed by atoms with Crippen LogP contribution < -0.4 is 10.6 Å². The second kappa shape index (κ2) is 7.50. The molecule has 0 fully saturated rings. The third-order valence-corrected chi connectivity index (χ3v) is 3.86. The molecule has 2 rings (SSSR count). The van der Waals surface area contributed by atoms with Gasteiger partial charge in [-0.2, -0.15) is 13.2 Å². The van der Waals surface area contributed by atoms with Crippen LogP contribution in [0.3, 0.4) is 0 Å². The Kier molecular flexibility index (Phi) is 5.65. The van der Waals surface area contributed by atoms with Gasteiger partial charge < -0.3 is 10.6 Å². The lowest BCUT2D eigenvalue weighted by atomic mass is 10.1. The molecule has 0 saturated heterocycles. The zero-order valence-corrected chi connectivity index (χ0v) is 13.5. The van der Waals surface area contributed by atoms with Crippen LogP contribution in [0.4, 0.5) is 23.7 Å². The van der Waals surface area contributed by atoms with Crippen LogP contribution in [-0.2, 0) is 12.6 Å². The Morgan fingerprint density at radius 2 is 1.83 bits per heavy atom. The molecule has 2 aromatic rings. The normalized spacial score (nSPS) is 11.1. The topological polar surface area (TPSA) is 41.1 Å². The maximum atomic E-state index is 12.6. The first-order valence-electron chi connectivity index (χ1n) is 6.82. The minimum Gasteiger partial charge on any atom is -0.338 e. The van der Waals surface area contributed by atoms with Crippen molar-refractivity contribution in [2.75, 3.05) is 11.9 Å². The van der Waals surface area contributed by atoms with Crippen molar-refractivity contribution in [1.82, 2.24) is 5.32 Å². The summed E-state index contributed by atoms with van der Waals surface area (Å²) in [4.78, 5) is 11.7. The van der Waals surface area contributed by atoms with Crippen LogP contribution in [0.25, 0.3) is 0 Å². The number of carbonyl (C=O) groups excluding carboxylic acids is 1. The van der Waals surface area contributed by atoms with Crippen LogP contribution in [0.15, 0.2) is 53.0 Å². The molecule has 0 saturated carbocycles. The Labute approximate surface area is 140 Å². The fraction of sp³-hybridized carbons (Fsp3) is 0.188. The molecule has 0 heterocycles. The summed E-state index contributed by atoms with van der Waals surface area (Å²) in [6, 6.07) is 11.6. The standard InChI is InChI=1S/C16H14BrF3N2O/c17-14-7-2-1-4-11(14)8-9-21-15(23)22-13-6-3-5-12(10-13)16(18,19)20/h1-7,10H,8-9H2,(H2,21,22,23). The monoisotopic (exact) mass is 386 g/mol. The maximum Gasteiger partial charge on any atom is 0.416 e. The molecule has 0 aliphatic carbocycles. The molecule has 0 radical (unpaired) electrons. The van der Waals surface area contributed by atoms with Gasteiger partial charge in [-0.15, -0.1) is 0 Å². The molecule has 2 N–H and O–H groups in total. The molecule has 0 bridgehead atoms. The van der Waals surface area contributed by atoms with E-state index in [0.717, 1.165) is 22.2 Å². The lowest BCUT2D eigenvalue weighted by molar-refractivity contribution is -0.137. The maximum absolute atomic E-state index is 12.6. The zero-order chi connectivity index (χ0) is 16.9. The van der Waals surface area contributed by atoms with E-state index in [1.54, 1.807) is 0 Å². The molecule has 122 valence electrons. The largest absolute Gasteiger partial charge is 0.416 e. The van der Waals surface area contributed by atoms with Gasteiger partial charge in [-0.25, -0.2) is 4.79 Å². The van der Waals surface area contributed by atoms with Crippen LogP contribution in [-0.4, -0.2) is 12.6 Å². The molecule has 2 amide bonds. The number of nitrogens with one attached hydrogen (secondary N) is 2. The quantitative estimate of drug-likeness (QED) is 0.775. The Bertz CT molecular complexity index is 689. The van der Waals surface area contributed by atoms with Gasteiger partial charge in [0.2, 0.25) is 0 Å². The van der Waals surface area contributed by atoms with Crippen molar-refractivity contribution in [2.24, 2.45) is 0 Å². The number of amides is 2. The number of urea groups is 1. The third-order valence-electron chi connectivity index (χ3n) is 3.09. The molecule has 0 aliphatic heterocycles. The molecule has 0 spiro atoms. The Balaban J connectivity index is 1.87. The highest BCUT2D eigenvalue weighted by Gasteiger charge is 2.30. The van der Waals surface area contributed by atoms with Crippen molar-refractivity contribution in [3.63, 3.8) is 0 Å². The summed E-state index contributed by atoms with van der Waals surface area (Å²) in [6.45, 7) is 0.368. The van der Waals surface area contributed by atoms with Crippen molar-refractivity contribution >= 4 is 27.6 Å². The van der Waals surface area contributed by atoms with Gasteiger partial charge >= 0.3 is 12.2 Å². The number of hydrogen-bond acceptors (Lipinski definition) is 1. The molecular formula is C16H14BrF3N2O. The lowest BCUT2D eigenvalue weighted by Gasteiger charge is -2.11. The Hall–Kier alpha value is -2.02. The summed E-state index contributed by atoms with van der Waals surface area (Å²) in [5.41, 5.74) is 0.327. The lowest BCUT2D eigenvalue weighted by Crippen LogP contribution is -2.30. The number of alkyl halides is 3. The van der Waals surface area contributed by atoms with Gasteiger partial charge in [0.25, 0.3) is 0 Å². The number of benzene rings is 2. The van der Waals surface area contributed by atoms with E-state index >= 15 is 0 Å². The van der Waals surface area contributed by atoms with E-state index in [-0.39, 0.29) is 5.69 Å². The van der Waals surface area contributed by atoms with Gasteiger partial charge in [0, 0.05) is 16.7 Å². The van der Waals surface area contributed by atoms with Crippen LogP contribution in [0.5, 0.6) is 0 Å². The van der Waals surface area contributed by atoms with Crippen LogP contribution >= 0.6 is 15.9 Å². The summed E-state index contributed by atoms with van der Waals surface area (Å²) in [7, 11) is 0. The smallest absolute Gasteiger partial charge is 0.338 e. The Morgan fingerprint density at radius 1 is 1.09 bits per heavy atom. The second-order valence-electron chi connectivity index (χ2n) is 4.80. The van der Waals surface area contributed by atoms with Crippen LogP contribution in [0, 0.1) is 0 Å². The molecular weight excluding hydrogens is 373 g/mol. The highest BCUT2D eigenvalue weighted by molar-refractivity contribution is 9.10. The summed E-state index contributed by atoms with van der Waals surface area (Å²) >= 11 is 3.41. The van der Waals surface area contributed by atoms with Gasteiger partial charge in [0.1, 0.15) is 0 Å².